The molecule has 0 spiro atoms. The summed E-state index contributed by atoms with van der Waals surface area (Å²) in [5.41, 5.74) is 2.89. The molecule has 1 unspecified atom stereocenters. The first kappa shape index (κ1) is 18.2. The number of rotatable bonds is 3. The predicted molar refractivity (Wildman–Crippen MR) is 74.2 cm³/mol. The van der Waals surface area contributed by atoms with Gasteiger partial charge in [0.25, 0.3) is 0 Å². The highest BCUT2D eigenvalue weighted by Crippen LogP contribution is 2.34. The normalized spacial score (nSPS) is 13.6. The van der Waals surface area contributed by atoms with Gasteiger partial charge in [-0.2, -0.15) is 13.2 Å². The molecule has 0 radical (unpaired) electrons. The van der Waals surface area contributed by atoms with E-state index in [1.807, 2.05) is 0 Å². The third kappa shape index (κ3) is 5.18. The first-order valence-electron chi connectivity index (χ1n) is 6.49. The molecule has 0 aliphatic rings. The van der Waals surface area contributed by atoms with Crippen molar-refractivity contribution in [3.05, 3.63) is 29.3 Å². The number of halogens is 4. The molecule has 0 saturated heterocycles. The molecule has 4 nitrogen and oxygen atoms in total. The molecule has 0 bridgehead atoms. The second kappa shape index (κ2) is 6.51. The molecule has 0 aromatic heterocycles. The van der Waals surface area contributed by atoms with E-state index in [-0.39, 0.29) is 11.3 Å². The highest BCUT2D eigenvalue weighted by atomic mass is 19.4. The van der Waals surface area contributed by atoms with Crippen LogP contribution in [0.15, 0.2) is 18.2 Å². The Morgan fingerprint density at radius 2 is 1.91 bits per heavy atom. The minimum absolute atomic E-state index is 0.138. The Kier molecular flexibility index (Phi) is 5.39. The number of amides is 1. The Hall–Kier alpha value is -1.83. The van der Waals surface area contributed by atoms with Crippen LogP contribution in [-0.2, 0) is 10.9 Å². The van der Waals surface area contributed by atoms with Crippen LogP contribution >= 0.6 is 0 Å². The maximum absolute atomic E-state index is 13.7. The number of carbonyl (C=O) groups excluding carboxylic acids is 1. The van der Waals surface area contributed by atoms with Crippen molar-refractivity contribution >= 4 is 11.8 Å². The number of anilines is 1. The van der Waals surface area contributed by atoms with Crippen molar-refractivity contribution < 1.29 is 27.1 Å². The lowest BCUT2D eigenvalue weighted by molar-refractivity contribution is -0.137. The van der Waals surface area contributed by atoms with Crippen molar-refractivity contribution in [1.82, 2.24) is 0 Å². The average Bonchev–Trinajstić information content (AvgIpc) is 2.34. The van der Waals surface area contributed by atoms with Crippen LogP contribution in [0, 0.1) is 0 Å². The molecular formula is C14H18F4N2O2. The van der Waals surface area contributed by atoms with Gasteiger partial charge in [0.05, 0.1) is 11.3 Å². The standard InChI is InChI=1S/C14H18F4N2O2/c1-13(2,3)22-12(21)20-11-6-8(14(16,17)18)4-5-9(11)10(15)7-19/h4-6,10H,7,19H2,1-3H3,(H,20,21). The van der Waals surface area contributed by atoms with E-state index in [2.05, 4.69) is 5.32 Å². The number of hydrogen-bond acceptors (Lipinski definition) is 3. The molecule has 1 atom stereocenters. The summed E-state index contributed by atoms with van der Waals surface area (Å²) < 4.78 is 56.9. The van der Waals surface area contributed by atoms with Gasteiger partial charge in [0.2, 0.25) is 0 Å². The lowest BCUT2D eigenvalue weighted by Crippen LogP contribution is -2.28. The third-order valence-electron chi connectivity index (χ3n) is 2.56. The minimum Gasteiger partial charge on any atom is -0.444 e. The number of ether oxygens (including phenoxy) is 1. The molecule has 1 amide bonds. The van der Waals surface area contributed by atoms with Crippen LogP contribution < -0.4 is 11.1 Å². The molecule has 1 rings (SSSR count). The Morgan fingerprint density at radius 1 is 1.32 bits per heavy atom. The molecule has 0 aliphatic heterocycles. The third-order valence-corrected chi connectivity index (χ3v) is 2.56. The highest BCUT2D eigenvalue weighted by Gasteiger charge is 2.32. The number of nitrogens with one attached hydrogen (secondary N) is 1. The van der Waals surface area contributed by atoms with Crippen LogP contribution in [0.4, 0.5) is 28.0 Å². The van der Waals surface area contributed by atoms with E-state index in [1.165, 1.54) is 0 Å². The van der Waals surface area contributed by atoms with Crippen LogP contribution in [-0.4, -0.2) is 18.2 Å². The fraction of sp³-hybridized carbons (Fsp3) is 0.500. The van der Waals surface area contributed by atoms with Gasteiger partial charge in [-0.05, 0) is 32.9 Å². The summed E-state index contributed by atoms with van der Waals surface area (Å²) >= 11 is 0. The van der Waals surface area contributed by atoms with Gasteiger partial charge in [0.15, 0.2) is 0 Å². The van der Waals surface area contributed by atoms with Gasteiger partial charge in [-0.3, -0.25) is 5.32 Å². The maximum Gasteiger partial charge on any atom is 0.416 e. The molecule has 22 heavy (non-hydrogen) atoms. The smallest absolute Gasteiger partial charge is 0.416 e. The number of nitrogens with two attached hydrogens (primary N) is 1. The number of carbonyl (C=O) groups is 1. The van der Waals surface area contributed by atoms with Crippen molar-refractivity contribution in [3.8, 4) is 0 Å². The summed E-state index contributed by atoms with van der Waals surface area (Å²) in [4.78, 5) is 11.7. The Morgan fingerprint density at radius 3 is 2.36 bits per heavy atom. The topological polar surface area (TPSA) is 64.3 Å². The van der Waals surface area contributed by atoms with E-state index in [1.54, 1.807) is 20.8 Å². The Balaban J connectivity index is 3.14. The number of hydrogen-bond donors (Lipinski definition) is 2. The van der Waals surface area contributed by atoms with Gasteiger partial charge in [-0.15, -0.1) is 0 Å². The van der Waals surface area contributed by atoms with Crippen molar-refractivity contribution in [1.29, 1.82) is 0 Å². The van der Waals surface area contributed by atoms with Crippen molar-refractivity contribution in [3.63, 3.8) is 0 Å². The first-order chi connectivity index (χ1) is 9.94. The van der Waals surface area contributed by atoms with E-state index >= 15 is 0 Å². The van der Waals surface area contributed by atoms with Crippen molar-refractivity contribution in [2.24, 2.45) is 5.73 Å². The molecule has 124 valence electrons. The van der Waals surface area contributed by atoms with Crippen molar-refractivity contribution in [2.75, 3.05) is 11.9 Å². The zero-order chi connectivity index (χ0) is 17.1. The van der Waals surface area contributed by atoms with Crippen LogP contribution in [0.2, 0.25) is 0 Å². The molecular weight excluding hydrogens is 304 g/mol. The van der Waals surface area contributed by atoms with Gasteiger partial charge in [-0.1, -0.05) is 6.07 Å². The largest absolute Gasteiger partial charge is 0.444 e. The molecule has 0 saturated carbocycles. The van der Waals surface area contributed by atoms with Gasteiger partial charge in [0, 0.05) is 12.1 Å². The number of benzene rings is 1. The summed E-state index contributed by atoms with van der Waals surface area (Å²) in [6, 6.07) is 2.34. The van der Waals surface area contributed by atoms with Gasteiger partial charge in [0.1, 0.15) is 11.8 Å². The van der Waals surface area contributed by atoms with Crippen LogP contribution in [0.25, 0.3) is 0 Å². The summed E-state index contributed by atoms with van der Waals surface area (Å²) in [6.45, 7) is 4.36. The SMILES string of the molecule is CC(C)(C)OC(=O)Nc1cc(C(F)(F)F)ccc1C(F)CN. The lowest BCUT2D eigenvalue weighted by Gasteiger charge is -2.21. The number of alkyl halides is 4. The fourth-order valence-corrected chi connectivity index (χ4v) is 1.65. The minimum atomic E-state index is -4.61. The van der Waals surface area contributed by atoms with E-state index in [0.717, 1.165) is 12.1 Å². The lowest BCUT2D eigenvalue weighted by atomic mass is 10.0. The van der Waals surface area contributed by atoms with Crippen molar-refractivity contribution in [2.45, 2.75) is 38.7 Å². The molecule has 1 aromatic rings. The molecule has 0 fully saturated rings. The monoisotopic (exact) mass is 322 g/mol. The van der Waals surface area contributed by atoms with E-state index < -0.39 is 36.2 Å². The Bertz CT molecular complexity index is 539. The van der Waals surface area contributed by atoms with Gasteiger partial charge < -0.3 is 10.5 Å². The highest BCUT2D eigenvalue weighted by molar-refractivity contribution is 5.86. The second-order valence-electron chi connectivity index (χ2n) is 5.63. The molecule has 8 heteroatoms. The summed E-state index contributed by atoms with van der Waals surface area (Å²) in [7, 11) is 0. The van der Waals surface area contributed by atoms with Crippen LogP contribution in [0.3, 0.4) is 0 Å². The van der Waals surface area contributed by atoms with E-state index in [9.17, 15) is 22.4 Å². The van der Waals surface area contributed by atoms with E-state index in [4.69, 9.17) is 10.5 Å². The molecule has 1 aromatic carbocycles. The zero-order valence-electron chi connectivity index (χ0n) is 12.4. The maximum atomic E-state index is 13.7. The molecule has 0 heterocycles. The molecule has 0 aliphatic carbocycles. The van der Waals surface area contributed by atoms with Crippen LogP contribution in [0.5, 0.6) is 0 Å². The van der Waals surface area contributed by atoms with Gasteiger partial charge in [-0.25, -0.2) is 9.18 Å². The average molecular weight is 322 g/mol. The van der Waals surface area contributed by atoms with Crippen LogP contribution in [0.1, 0.15) is 38.1 Å². The fourth-order valence-electron chi connectivity index (χ4n) is 1.65. The summed E-state index contributed by atoms with van der Waals surface area (Å²) in [5.74, 6) is 0. The second-order valence-corrected chi connectivity index (χ2v) is 5.63. The molecule has 3 N–H and O–H groups in total. The Labute approximate surface area is 125 Å². The zero-order valence-corrected chi connectivity index (χ0v) is 12.4. The summed E-state index contributed by atoms with van der Waals surface area (Å²) in [5, 5.41) is 2.14. The first-order valence-corrected chi connectivity index (χ1v) is 6.49. The van der Waals surface area contributed by atoms with E-state index in [0.29, 0.717) is 6.07 Å². The van der Waals surface area contributed by atoms with Gasteiger partial charge >= 0.3 is 12.3 Å². The summed E-state index contributed by atoms with van der Waals surface area (Å²) in [6.07, 6.45) is -7.29. The predicted octanol–water partition coefficient (Wildman–Crippen LogP) is 4.02. The quantitative estimate of drug-likeness (QED) is 0.826.